The van der Waals surface area contributed by atoms with Crippen LogP contribution in [0.1, 0.15) is 32.3 Å². The number of carbonyl (C=O) groups excluding carboxylic acids is 1. The summed E-state index contributed by atoms with van der Waals surface area (Å²) in [6, 6.07) is 8.33. The van der Waals surface area contributed by atoms with Crippen molar-refractivity contribution in [3.63, 3.8) is 0 Å². The molecule has 1 aromatic rings. The van der Waals surface area contributed by atoms with Crippen LogP contribution in [-0.4, -0.2) is 49.7 Å². The van der Waals surface area contributed by atoms with Crippen LogP contribution >= 0.6 is 15.9 Å². The first-order valence-electron chi connectivity index (χ1n) is 8.97. The van der Waals surface area contributed by atoms with Gasteiger partial charge in [0.15, 0.2) is 0 Å². The summed E-state index contributed by atoms with van der Waals surface area (Å²) in [5.41, 5.74) is 1.04. The van der Waals surface area contributed by atoms with Crippen molar-refractivity contribution in [2.75, 3.05) is 32.8 Å². The van der Waals surface area contributed by atoms with Crippen LogP contribution in [0.15, 0.2) is 28.7 Å². The molecule has 1 atom stereocenters. The lowest BCUT2D eigenvalue weighted by Crippen LogP contribution is -2.52. The molecule has 0 unspecified atom stereocenters. The summed E-state index contributed by atoms with van der Waals surface area (Å²) in [6.07, 6.45) is 2.72. The highest BCUT2D eigenvalue weighted by Crippen LogP contribution is 2.19. The fraction of sp³-hybridized carbons (Fsp3) is 0.632. The minimum absolute atomic E-state index is 0.0986. The largest absolute Gasteiger partial charge is 0.379 e. The molecule has 1 N–H and O–H groups in total. The van der Waals surface area contributed by atoms with E-state index in [1.807, 2.05) is 24.3 Å². The van der Waals surface area contributed by atoms with E-state index in [0.29, 0.717) is 18.4 Å². The molecule has 1 aliphatic rings. The van der Waals surface area contributed by atoms with Gasteiger partial charge in [0.2, 0.25) is 5.91 Å². The number of halogens is 1. The Morgan fingerprint density at radius 3 is 2.42 bits per heavy atom. The highest BCUT2D eigenvalue weighted by molar-refractivity contribution is 9.10. The molecular formula is C19H29BrN2O2. The lowest BCUT2D eigenvalue weighted by molar-refractivity contribution is -0.120. The quantitative estimate of drug-likeness (QED) is 0.732. The smallest absolute Gasteiger partial charge is 0.224 e. The van der Waals surface area contributed by atoms with Gasteiger partial charge < -0.3 is 10.1 Å². The molecule has 1 aromatic carbocycles. The Morgan fingerprint density at radius 1 is 1.21 bits per heavy atom. The van der Waals surface area contributed by atoms with E-state index in [9.17, 15) is 4.79 Å². The molecule has 0 saturated carbocycles. The molecule has 1 heterocycles. The number of rotatable bonds is 8. The van der Waals surface area contributed by atoms with Gasteiger partial charge in [-0.25, -0.2) is 0 Å². The molecule has 0 radical (unpaired) electrons. The van der Waals surface area contributed by atoms with Gasteiger partial charge in [0.1, 0.15) is 0 Å². The van der Waals surface area contributed by atoms with Crippen molar-refractivity contribution in [3.8, 4) is 0 Å². The molecule has 0 spiro atoms. The fourth-order valence-electron chi connectivity index (χ4n) is 3.40. The number of nitrogens with one attached hydrogen (secondary N) is 1. The molecule has 1 aliphatic heterocycles. The van der Waals surface area contributed by atoms with E-state index >= 15 is 0 Å². The predicted octanol–water partition coefficient (Wildman–Crippen LogP) is 3.24. The van der Waals surface area contributed by atoms with E-state index in [2.05, 4.69) is 40.0 Å². The van der Waals surface area contributed by atoms with E-state index in [0.717, 1.165) is 55.7 Å². The number of carbonyl (C=O) groups is 1. The Morgan fingerprint density at radius 2 is 1.83 bits per heavy atom. The highest BCUT2D eigenvalue weighted by atomic mass is 79.9. The van der Waals surface area contributed by atoms with Gasteiger partial charge in [-0.3, -0.25) is 9.69 Å². The number of ether oxygens (including phenoxy) is 1. The Hall–Kier alpha value is -0.910. The SMILES string of the molecule is CCC(CC)[C@H](CNC(=O)Cc1ccc(Br)cc1)N1CCOCC1. The van der Waals surface area contributed by atoms with E-state index in [1.54, 1.807) is 0 Å². The van der Waals surface area contributed by atoms with E-state index in [1.165, 1.54) is 0 Å². The Bertz CT molecular complexity index is 497. The van der Waals surface area contributed by atoms with Crippen LogP contribution in [-0.2, 0) is 16.0 Å². The Labute approximate surface area is 154 Å². The van der Waals surface area contributed by atoms with Crippen LogP contribution in [0.4, 0.5) is 0 Å². The maximum Gasteiger partial charge on any atom is 0.224 e. The monoisotopic (exact) mass is 396 g/mol. The standard InChI is InChI=1S/C19H29BrN2O2/c1-3-16(4-2)18(22-9-11-24-12-10-22)14-21-19(23)13-15-5-7-17(20)8-6-15/h5-8,16,18H,3-4,9-14H2,1-2H3,(H,21,23)/t18-/m0/s1. The third kappa shape index (κ3) is 5.87. The van der Waals surface area contributed by atoms with Crippen LogP contribution in [0.3, 0.4) is 0 Å². The Kier molecular flexibility index (Phi) is 8.22. The van der Waals surface area contributed by atoms with Crippen molar-refractivity contribution in [1.29, 1.82) is 0 Å². The van der Waals surface area contributed by atoms with Gasteiger partial charge in [0.05, 0.1) is 19.6 Å². The molecule has 1 fully saturated rings. The molecule has 1 saturated heterocycles. The topological polar surface area (TPSA) is 41.6 Å². The van der Waals surface area contributed by atoms with Crippen molar-refractivity contribution in [1.82, 2.24) is 10.2 Å². The first-order chi connectivity index (χ1) is 11.6. The van der Waals surface area contributed by atoms with Crippen LogP contribution < -0.4 is 5.32 Å². The lowest BCUT2D eigenvalue weighted by Gasteiger charge is -2.38. The molecule has 0 aliphatic carbocycles. The van der Waals surface area contributed by atoms with Gasteiger partial charge in [-0.15, -0.1) is 0 Å². The summed E-state index contributed by atoms with van der Waals surface area (Å²) in [5, 5.41) is 3.16. The zero-order valence-corrected chi connectivity index (χ0v) is 16.3. The maximum atomic E-state index is 12.3. The summed E-state index contributed by atoms with van der Waals surface area (Å²) < 4.78 is 6.51. The molecule has 0 aromatic heterocycles. The normalized spacial score (nSPS) is 17.0. The van der Waals surface area contributed by atoms with Crippen molar-refractivity contribution >= 4 is 21.8 Å². The summed E-state index contributed by atoms with van der Waals surface area (Å²) >= 11 is 3.42. The first kappa shape index (κ1) is 19.4. The van der Waals surface area contributed by atoms with Crippen LogP contribution in [0, 0.1) is 5.92 Å². The van der Waals surface area contributed by atoms with Crippen molar-refractivity contribution < 1.29 is 9.53 Å². The van der Waals surface area contributed by atoms with E-state index in [4.69, 9.17) is 4.74 Å². The molecule has 24 heavy (non-hydrogen) atoms. The van der Waals surface area contributed by atoms with E-state index < -0.39 is 0 Å². The predicted molar refractivity (Wildman–Crippen MR) is 101 cm³/mol. The van der Waals surface area contributed by atoms with Gasteiger partial charge >= 0.3 is 0 Å². The van der Waals surface area contributed by atoms with E-state index in [-0.39, 0.29) is 5.91 Å². The van der Waals surface area contributed by atoms with Gasteiger partial charge in [-0.2, -0.15) is 0 Å². The maximum absolute atomic E-state index is 12.3. The van der Waals surface area contributed by atoms with Crippen LogP contribution in [0.2, 0.25) is 0 Å². The van der Waals surface area contributed by atoms with Gasteiger partial charge in [-0.05, 0) is 23.6 Å². The molecule has 4 nitrogen and oxygen atoms in total. The number of nitrogens with zero attached hydrogens (tertiary/aromatic N) is 1. The second-order valence-corrected chi connectivity index (χ2v) is 7.32. The highest BCUT2D eigenvalue weighted by Gasteiger charge is 2.27. The Balaban J connectivity index is 1.90. The third-order valence-corrected chi connectivity index (χ3v) is 5.42. The minimum Gasteiger partial charge on any atom is -0.379 e. The average Bonchev–Trinajstić information content (AvgIpc) is 2.61. The first-order valence-corrected chi connectivity index (χ1v) is 9.76. The lowest BCUT2D eigenvalue weighted by atomic mass is 9.92. The van der Waals surface area contributed by atoms with Crippen LogP contribution in [0.5, 0.6) is 0 Å². The number of hydrogen-bond acceptors (Lipinski definition) is 3. The van der Waals surface area contributed by atoms with Gasteiger partial charge in [-0.1, -0.05) is 54.8 Å². The molecule has 1 amide bonds. The summed E-state index contributed by atoms with van der Waals surface area (Å²) in [6.45, 7) is 8.72. The number of benzene rings is 1. The number of morpholine rings is 1. The average molecular weight is 397 g/mol. The van der Waals surface area contributed by atoms with Gasteiger partial charge in [0, 0.05) is 30.1 Å². The van der Waals surface area contributed by atoms with Crippen LogP contribution in [0.25, 0.3) is 0 Å². The summed E-state index contributed by atoms with van der Waals surface area (Å²) in [4.78, 5) is 14.8. The molecule has 5 heteroatoms. The summed E-state index contributed by atoms with van der Waals surface area (Å²) in [5.74, 6) is 0.706. The molecule has 0 bridgehead atoms. The zero-order chi connectivity index (χ0) is 17.4. The van der Waals surface area contributed by atoms with Gasteiger partial charge in [0.25, 0.3) is 0 Å². The summed E-state index contributed by atoms with van der Waals surface area (Å²) in [7, 11) is 0. The third-order valence-electron chi connectivity index (χ3n) is 4.89. The molecule has 2 rings (SSSR count). The van der Waals surface area contributed by atoms with Crippen molar-refractivity contribution in [2.24, 2.45) is 5.92 Å². The second-order valence-electron chi connectivity index (χ2n) is 6.40. The minimum atomic E-state index is 0.0986. The molecular weight excluding hydrogens is 368 g/mol. The van der Waals surface area contributed by atoms with Crippen molar-refractivity contribution in [3.05, 3.63) is 34.3 Å². The zero-order valence-electron chi connectivity index (χ0n) is 14.8. The fourth-order valence-corrected chi connectivity index (χ4v) is 3.67. The number of hydrogen-bond donors (Lipinski definition) is 1. The number of amides is 1. The second kappa shape index (κ2) is 10.2. The molecule has 134 valence electrons. The van der Waals surface area contributed by atoms with Crippen molar-refractivity contribution in [2.45, 2.75) is 39.2 Å².